The van der Waals surface area contributed by atoms with Gasteiger partial charge in [0.25, 0.3) is 0 Å². The van der Waals surface area contributed by atoms with Crippen LogP contribution < -0.4 is 4.90 Å². The van der Waals surface area contributed by atoms with Crippen molar-refractivity contribution in [3.63, 3.8) is 0 Å². The van der Waals surface area contributed by atoms with Crippen molar-refractivity contribution in [1.29, 1.82) is 0 Å². The molecule has 0 unspecified atom stereocenters. The maximum Gasteiger partial charge on any atom is 0.126 e. The van der Waals surface area contributed by atoms with E-state index in [1.807, 2.05) is 19.1 Å². The van der Waals surface area contributed by atoms with Crippen LogP contribution in [0.2, 0.25) is 0 Å². The molecule has 230 valence electrons. The molecule has 0 N–H and O–H groups in total. The van der Waals surface area contributed by atoms with E-state index in [2.05, 4.69) is 78.7 Å². The fraction of sp³-hybridized carbons (Fsp3) is 0.526. The van der Waals surface area contributed by atoms with Crippen molar-refractivity contribution in [2.24, 2.45) is 10.9 Å². The van der Waals surface area contributed by atoms with Crippen molar-refractivity contribution < 1.29 is 4.39 Å². The Hall–Kier alpha value is -3.05. The van der Waals surface area contributed by atoms with Crippen molar-refractivity contribution in [3.8, 4) is 0 Å². The molecule has 1 saturated carbocycles. The molecule has 2 aromatic carbocycles. The summed E-state index contributed by atoms with van der Waals surface area (Å²) in [6, 6.07) is 18.7. The smallest absolute Gasteiger partial charge is 0.126 e. The van der Waals surface area contributed by atoms with Crippen LogP contribution in [0, 0.1) is 18.7 Å². The van der Waals surface area contributed by atoms with E-state index in [1.54, 1.807) is 6.07 Å². The molecular weight excluding hydrogens is 531 g/mol. The monoisotopic (exact) mass is 582 g/mol. The minimum absolute atomic E-state index is 0.107. The first-order valence-corrected chi connectivity index (χ1v) is 16.5. The molecule has 1 saturated heterocycles. The number of aromatic nitrogens is 1. The average Bonchev–Trinajstić information content (AvgIpc) is 3.00. The fourth-order valence-electron chi connectivity index (χ4n) is 6.53. The summed E-state index contributed by atoms with van der Waals surface area (Å²) in [5, 5.41) is 0. The van der Waals surface area contributed by atoms with Crippen LogP contribution in [0.5, 0.6) is 0 Å². The van der Waals surface area contributed by atoms with Crippen LogP contribution in [-0.4, -0.2) is 49.3 Å². The molecule has 2 aliphatic rings. The molecule has 2 fully saturated rings. The highest BCUT2D eigenvalue weighted by molar-refractivity contribution is 5.70. The molecule has 5 rings (SSSR count). The van der Waals surface area contributed by atoms with E-state index in [0.717, 1.165) is 86.8 Å². The summed E-state index contributed by atoms with van der Waals surface area (Å²) in [6.45, 7) is 18.2. The first-order valence-electron chi connectivity index (χ1n) is 16.5. The molecule has 1 aliphatic heterocycles. The van der Waals surface area contributed by atoms with Gasteiger partial charge in [0.15, 0.2) is 0 Å². The lowest BCUT2D eigenvalue weighted by molar-refractivity contribution is 0.212. The second kappa shape index (κ2) is 14.2. The summed E-state index contributed by atoms with van der Waals surface area (Å²) >= 11 is 0. The van der Waals surface area contributed by atoms with Crippen molar-refractivity contribution >= 4 is 18.1 Å². The lowest BCUT2D eigenvalue weighted by atomic mass is 9.81. The van der Waals surface area contributed by atoms with Gasteiger partial charge in [-0.2, -0.15) is 0 Å². The number of benzene rings is 2. The lowest BCUT2D eigenvalue weighted by Crippen LogP contribution is -2.41. The Kier molecular flexibility index (Phi) is 10.3. The molecule has 1 aromatic heterocycles. The second-order valence-electron chi connectivity index (χ2n) is 13.6. The van der Waals surface area contributed by atoms with Gasteiger partial charge in [-0.05, 0) is 130 Å². The number of aryl methyl sites for hydroxylation is 3. The van der Waals surface area contributed by atoms with Crippen LogP contribution in [0.4, 0.5) is 15.8 Å². The van der Waals surface area contributed by atoms with Crippen molar-refractivity contribution in [1.82, 2.24) is 9.88 Å². The van der Waals surface area contributed by atoms with Gasteiger partial charge < -0.3 is 9.80 Å². The Bertz CT molecular complexity index is 1370. The number of piperidine rings is 1. The van der Waals surface area contributed by atoms with Gasteiger partial charge in [0.05, 0.1) is 11.4 Å². The summed E-state index contributed by atoms with van der Waals surface area (Å²) in [6.07, 6.45) is 8.85. The molecule has 3 aromatic rings. The molecule has 0 bridgehead atoms. The van der Waals surface area contributed by atoms with Gasteiger partial charge in [0.2, 0.25) is 0 Å². The first kappa shape index (κ1) is 31.4. The van der Waals surface area contributed by atoms with Gasteiger partial charge in [0.1, 0.15) is 5.82 Å². The van der Waals surface area contributed by atoms with E-state index in [4.69, 9.17) is 4.98 Å². The molecule has 43 heavy (non-hydrogen) atoms. The van der Waals surface area contributed by atoms with Crippen LogP contribution in [0.15, 0.2) is 59.6 Å². The van der Waals surface area contributed by atoms with Gasteiger partial charge in [-0.15, -0.1) is 0 Å². The van der Waals surface area contributed by atoms with Gasteiger partial charge in [-0.1, -0.05) is 51.5 Å². The number of rotatable bonds is 13. The molecule has 1 aliphatic carbocycles. The van der Waals surface area contributed by atoms with E-state index in [-0.39, 0.29) is 11.2 Å². The van der Waals surface area contributed by atoms with E-state index < -0.39 is 0 Å². The lowest BCUT2D eigenvalue weighted by Gasteiger charge is -2.38. The zero-order valence-corrected chi connectivity index (χ0v) is 26.9. The highest BCUT2D eigenvalue weighted by atomic mass is 19.1. The number of likely N-dealkylation sites (tertiary alicyclic amines) is 1. The van der Waals surface area contributed by atoms with Gasteiger partial charge >= 0.3 is 0 Å². The number of hydrogen-bond acceptors (Lipinski definition) is 4. The summed E-state index contributed by atoms with van der Waals surface area (Å²) in [7, 11) is 0. The minimum Gasteiger partial charge on any atom is -0.368 e. The molecule has 0 atom stereocenters. The van der Waals surface area contributed by atoms with Gasteiger partial charge in [-0.3, -0.25) is 9.98 Å². The summed E-state index contributed by atoms with van der Waals surface area (Å²) in [5.41, 5.74) is 7.78. The minimum atomic E-state index is -0.107. The third-order valence-corrected chi connectivity index (χ3v) is 10.2. The average molecular weight is 583 g/mol. The predicted molar refractivity (Wildman–Crippen MR) is 180 cm³/mol. The summed E-state index contributed by atoms with van der Waals surface area (Å²) in [5.74, 6) is 1.17. The highest BCUT2D eigenvalue weighted by Crippen LogP contribution is 2.38. The Labute approximate surface area is 259 Å². The SMILES string of the molecule is C=Nc1ccc(C(C)(C)CC)cc1N(CCN1CCC(c2cccc(CCc3ccc(C)cc3F)n2)CC1)CC1CCC1. The van der Waals surface area contributed by atoms with Crippen molar-refractivity contribution in [2.45, 2.75) is 90.4 Å². The largest absolute Gasteiger partial charge is 0.368 e. The maximum atomic E-state index is 14.3. The zero-order chi connectivity index (χ0) is 30.4. The van der Waals surface area contributed by atoms with E-state index in [1.165, 1.54) is 36.2 Å². The normalized spacial score (nSPS) is 16.7. The summed E-state index contributed by atoms with van der Waals surface area (Å²) in [4.78, 5) is 14.7. The van der Waals surface area contributed by atoms with Crippen LogP contribution in [0.1, 0.15) is 93.3 Å². The van der Waals surface area contributed by atoms with Crippen molar-refractivity contribution in [2.75, 3.05) is 37.6 Å². The zero-order valence-electron chi connectivity index (χ0n) is 26.9. The highest BCUT2D eigenvalue weighted by Gasteiger charge is 2.27. The molecular formula is C38H51FN4. The molecule has 4 nitrogen and oxygen atoms in total. The van der Waals surface area contributed by atoms with Crippen LogP contribution in [-0.2, 0) is 18.3 Å². The number of hydrogen-bond donors (Lipinski definition) is 0. The number of nitrogens with zero attached hydrogens (tertiary/aromatic N) is 4. The van der Waals surface area contributed by atoms with Gasteiger partial charge in [0, 0.05) is 36.9 Å². The van der Waals surface area contributed by atoms with Crippen LogP contribution in [0.3, 0.4) is 0 Å². The Morgan fingerprint density at radius 1 is 1.02 bits per heavy atom. The molecule has 2 heterocycles. The Morgan fingerprint density at radius 2 is 1.81 bits per heavy atom. The topological polar surface area (TPSA) is 31.7 Å². The number of aliphatic imine (C=N–C) groups is 1. The standard InChI is InChI=1S/C38H51FN4/c1-6-38(3,4)32-16-18-36(40-5)37(26-32)43(27-29-9-7-10-29)24-23-42-21-19-31(20-22-42)35-12-8-11-33(41-35)17-15-30-14-13-28(2)25-34(30)39/h8,11-14,16,18,25-26,29,31H,5-7,9-10,15,17,19-24,27H2,1-4H3. The van der Waals surface area contributed by atoms with E-state index in [0.29, 0.717) is 12.3 Å². The predicted octanol–water partition coefficient (Wildman–Crippen LogP) is 8.82. The first-order chi connectivity index (χ1) is 20.8. The molecule has 0 radical (unpaired) electrons. The Morgan fingerprint density at radius 3 is 2.49 bits per heavy atom. The molecule has 0 amide bonds. The third kappa shape index (κ3) is 7.92. The maximum absolute atomic E-state index is 14.3. The Balaban J connectivity index is 1.19. The molecule has 0 spiro atoms. The third-order valence-electron chi connectivity index (χ3n) is 10.2. The number of halogens is 1. The van der Waals surface area contributed by atoms with E-state index in [9.17, 15) is 4.39 Å². The quantitative estimate of drug-likeness (QED) is 0.189. The van der Waals surface area contributed by atoms with Gasteiger partial charge in [-0.25, -0.2) is 4.39 Å². The van der Waals surface area contributed by atoms with E-state index >= 15 is 0 Å². The van der Waals surface area contributed by atoms with Crippen LogP contribution in [0.25, 0.3) is 0 Å². The second-order valence-corrected chi connectivity index (χ2v) is 13.6. The van der Waals surface area contributed by atoms with Crippen molar-refractivity contribution in [3.05, 3.63) is 88.5 Å². The molecule has 5 heteroatoms. The fourth-order valence-corrected chi connectivity index (χ4v) is 6.53. The summed E-state index contributed by atoms with van der Waals surface area (Å²) < 4.78 is 14.3. The van der Waals surface area contributed by atoms with Crippen LogP contribution >= 0.6 is 0 Å². The number of pyridine rings is 1. The number of anilines is 1.